The summed E-state index contributed by atoms with van der Waals surface area (Å²) >= 11 is 0. The van der Waals surface area contributed by atoms with Crippen LogP contribution < -0.4 is 9.64 Å². The van der Waals surface area contributed by atoms with Crippen LogP contribution >= 0.6 is 0 Å². The van der Waals surface area contributed by atoms with Gasteiger partial charge in [0.2, 0.25) is 23.2 Å². The van der Waals surface area contributed by atoms with Crippen molar-refractivity contribution in [2.24, 2.45) is 0 Å². The molecule has 3 heterocycles. The van der Waals surface area contributed by atoms with Crippen LogP contribution in [0.4, 0.5) is 5.88 Å². The van der Waals surface area contributed by atoms with Crippen molar-refractivity contribution in [3.63, 3.8) is 0 Å². The number of aromatic hydroxyl groups is 1. The van der Waals surface area contributed by atoms with Gasteiger partial charge >= 0.3 is 5.97 Å². The summed E-state index contributed by atoms with van der Waals surface area (Å²) < 4.78 is 15.7. The fourth-order valence-electron chi connectivity index (χ4n) is 2.25. The van der Waals surface area contributed by atoms with E-state index in [1.807, 2.05) is 0 Å². The van der Waals surface area contributed by atoms with Gasteiger partial charge in [0.25, 0.3) is 5.88 Å². The highest BCUT2D eigenvalue weighted by Gasteiger charge is 2.33. The summed E-state index contributed by atoms with van der Waals surface area (Å²) in [4.78, 5) is 24.4. The molecular weight excluding hydrogens is 278 g/mol. The number of carbonyl (C=O) groups excluding carboxylic acids is 2. The zero-order valence-electron chi connectivity index (χ0n) is 11.3. The summed E-state index contributed by atoms with van der Waals surface area (Å²) in [6.45, 7) is 1.65. The molecule has 1 fully saturated rings. The first-order valence-electron chi connectivity index (χ1n) is 6.46. The molecule has 0 radical (unpaired) electrons. The van der Waals surface area contributed by atoms with Crippen LogP contribution in [0.2, 0.25) is 0 Å². The number of ether oxygens (including phenoxy) is 1. The molecule has 2 aromatic heterocycles. The average Bonchev–Trinajstić information content (AvgIpc) is 3.13. The Bertz CT molecular complexity index is 685. The van der Waals surface area contributed by atoms with Crippen LogP contribution in [-0.2, 0) is 9.59 Å². The Morgan fingerprint density at radius 2 is 2.29 bits per heavy atom. The monoisotopic (exact) mass is 291 g/mol. The molecule has 0 aliphatic carbocycles. The fourth-order valence-corrected chi connectivity index (χ4v) is 2.25. The predicted molar refractivity (Wildman–Crippen MR) is 71.0 cm³/mol. The summed E-state index contributed by atoms with van der Waals surface area (Å²) in [6.07, 6.45) is 2.48. The van der Waals surface area contributed by atoms with Gasteiger partial charge in [-0.15, -0.1) is 0 Å². The molecule has 1 amide bonds. The van der Waals surface area contributed by atoms with E-state index in [9.17, 15) is 14.7 Å². The van der Waals surface area contributed by atoms with Crippen molar-refractivity contribution >= 4 is 17.8 Å². The fraction of sp³-hybridized carbons (Fsp3) is 0.286. The van der Waals surface area contributed by atoms with Gasteiger partial charge in [0.05, 0.1) is 6.26 Å². The van der Waals surface area contributed by atoms with E-state index in [2.05, 4.69) is 0 Å². The standard InChI is InChI=1S/C14H13NO6/c1-8(16)20-13-11(18)12(9-4-3-7-19-9)21-14(13)15-6-2-5-10(15)17/h3-4,7,18H,2,5-6H2,1H3. The van der Waals surface area contributed by atoms with Gasteiger partial charge < -0.3 is 18.7 Å². The summed E-state index contributed by atoms with van der Waals surface area (Å²) in [5.74, 6) is -0.978. The number of anilines is 1. The highest BCUT2D eigenvalue weighted by atomic mass is 16.6. The molecule has 0 bridgehead atoms. The number of nitrogens with zero attached hydrogens (tertiary/aromatic N) is 1. The Hall–Kier alpha value is -2.70. The van der Waals surface area contributed by atoms with Gasteiger partial charge in [0, 0.05) is 19.9 Å². The molecule has 0 unspecified atom stereocenters. The summed E-state index contributed by atoms with van der Waals surface area (Å²) in [7, 11) is 0. The van der Waals surface area contributed by atoms with Crippen molar-refractivity contribution in [1.82, 2.24) is 0 Å². The van der Waals surface area contributed by atoms with Gasteiger partial charge in [-0.05, 0) is 18.6 Å². The van der Waals surface area contributed by atoms with E-state index >= 15 is 0 Å². The largest absolute Gasteiger partial charge is 0.501 e. The number of furan rings is 2. The minimum Gasteiger partial charge on any atom is -0.501 e. The predicted octanol–water partition coefficient (Wildman–Crippen LogP) is 2.30. The van der Waals surface area contributed by atoms with Crippen molar-refractivity contribution in [1.29, 1.82) is 0 Å². The molecule has 1 aliphatic heterocycles. The number of esters is 1. The highest BCUT2D eigenvalue weighted by Crippen LogP contribution is 2.48. The van der Waals surface area contributed by atoms with Gasteiger partial charge in [-0.2, -0.15) is 0 Å². The Morgan fingerprint density at radius 1 is 1.48 bits per heavy atom. The van der Waals surface area contributed by atoms with E-state index in [0.29, 0.717) is 19.4 Å². The maximum Gasteiger partial charge on any atom is 0.308 e. The third-order valence-electron chi connectivity index (χ3n) is 3.13. The van der Waals surface area contributed by atoms with Crippen LogP contribution in [0.3, 0.4) is 0 Å². The van der Waals surface area contributed by atoms with Gasteiger partial charge in [0.1, 0.15) is 0 Å². The number of hydrogen-bond donors (Lipinski definition) is 1. The first-order chi connectivity index (χ1) is 10.1. The second-order valence-electron chi connectivity index (χ2n) is 4.63. The Morgan fingerprint density at radius 3 is 2.86 bits per heavy atom. The Kier molecular flexibility index (Phi) is 3.17. The maximum atomic E-state index is 11.8. The van der Waals surface area contributed by atoms with E-state index in [0.717, 1.165) is 0 Å². The molecule has 0 aromatic carbocycles. The van der Waals surface area contributed by atoms with Gasteiger partial charge in [-0.3, -0.25) is 14.5 Å². The van der Waals surface area contributed by atoms with Crippen molar-refractivity contribution in [3.05, 3.63) is 18.4 Å². The van der Waals surface area contributed by atoms with Crippen LogP contribution in [-0.4, -0.2) is 23.5 Å². The first-order valence-corrected chi connectivity index (χ1v) is 6.46. The molecule has 7 nitrogen and oxygen atoms in total. The van der Waals surface area contributed by atoms with Crippen molar-refractivity contribution in [3.8, 4) is 23.0 Å². The molecule has 0 saturated carbocycles. The lowest BCUT2D eigenvalue weighted by atomic mass is 10.3. The second-order valence-corrected chi connectivity index (χ2v) is 4.63. The summed E-state index contributed by atoms with van der Waals surface area (Å²) in [5.41, 5.74) is 0. The molecule has 1 N–H and O–H groups in total. The number of hydrogen-bond acceptors (Lipinski definition) is 6. The van der Waals surface area contributed by atoms with Gasteiger partial charge in [-0.25, -0.2) is 0 Å². The molecular formula is C14H13NO6. The quantitative estimate of drug-likeness (QED) is 0.872. The van der Waals surface area contributed by atoms with E-state index < -0.39 is 5.97 Å². The summed E-state index contributed by atoms with van der Waals surface area (Å²) in [5, 5.41) is 10.2. The van der Waals surface area contributed by atoms with Crippen molar-refractivity contribution in [2.75, 3.05) is 11.4 Å². The first kappa shape index (κ1) is 13.3. The minimum atomic E-state index is -0.620. The van der Waals surface area contributed by atoms with E-state index in [1.54, 1.807) is 12.1 Å². The SMILES string of the molecule is CC(=O)Oc1c(N2CCCC2=O)oc(-c2ccco2)c1O. The summed E-state index contributed by atoms with van der Waals surface area (Å²) in [6, 6.07) is 3.22. The third-order valence-corrected chi connectivity index (χ3v) is 3.13. The molecule has 7 heteroatoms. The lowest BCUT2D eigenvalue weighted by molar-refractivity contribution is -0.132. The number of rotatable bonds is 3. The van der Waals surface area contributed by atoms with Crippen LogP contribution in [0.5, 0.6) is 11.5 Å². The molecule has 0 spiro atoms. The molecule has 110 valence electrons. The normalized spacial score (nSPS) is 14.7. The van der Waals surface area contributed by atoms with Crippen LogP contribution in [0.25, 0.3) is 11.5 Å². The van der Waals surface area contributed by atoms with Gasteiger partial charge in [-0.1, -0.05) is 0 Å². The highest BCUT2D eigenvalue weighted by molar-refractivity contribution is 5.97. The molecule has 1 aliphatic rings. The van der Waals surface area contributed by atoms with Crippen LogP contribution in [0.15, 0.2) is 27.2 Å². The van der Waals surface area contributed by atoms with Crippen LogP contribution in [0, 0.1) is 0 Å². The topological polar surface area (TPSA) is 93.1 Å². The number of amides is 1. The van der Waals surface area contributed by atoms with E-state index in [1.165, 1.54) is 18.1 Å². The molecule has 3 rings (SSSR count). The lowest BCUT2D eigenvalue weighted by Gasteiger charge is -2.13. The van der Waals surface area contributed by atoms with Crippen molar-refractivity contribution in [2.45, 2.75) is 19.8 Å². The zero-order valence-corrected chi connectivity index (χ0v) is 11.3. The Labute approximate surface area is 119 Å². The molecule has 1 saturated heterocycles. The number of carbonyl (C=O) groups is 2. The smallest absolute Gasteiger partial charge is 0.308 e. The van der Waals surface area contributed by atoms with Gasteiger partial charge in [0.15, 0.2) is 5.76 Å². The minimum absolute atomic E-state index is 0.0194. The lowest BCUT2D eigenvalue weighted by Crippen LogP contribution is -2.24. The van der Waals surface area contributed by atoms with E-state index in [-0.39, 0.29) is 34.8 Å². The average molecular weight is 291 g/mol. The maximum absolute atomic E-state index is 11.8. The third kappa shape index (κ3) is 2.26. The zero-order chi connectivity index (χ0) is 15.0. The molecule has 0 atom stereocenters. The molecule has 21 heavy (non-hydrogen) atoms. The van der Waals surface area contributed by atoms with Crippen LogP contribution in [0.1, 0.15) is 19.8 Å². The second kappa shape index (κ2) is 5.01. The molecule has 2 aromatic rings. The Balaban J connectivity index is 2.11. The van der Waals surface area contributed by atoms with Crippen molar-refractivity contribution < 1.29 is 28.3 Å². The van der Waals surface area contributed by atoms with E-state index in [4.69, 9.17) is 13.6 Å².